The molecule has 3 aromatic heterocycles. The minimum absolute atomic E-state index is 0.0263. The number of hydrogen-bond acceptors (Lipinski definition) is 16. The van der Waals surface area contributed by atoms with Gasteiger partial charge < -0.3 is 10.5 Å². The van der Waals surface area contributed by atoms with Crippen molar-refractivity contribution in [3.8, 4) is 11.6 Å². The van der Waals surface area contributed by atoms with Gasteiger partial charge in [-0.05, 0) is 41.0 Å². The Morgan fingerprint density at radius 2 is 2.18 bits per heavy atom. The number of benzene rings is 1. The number of nitrogens with zero attached hydrogens (tertiary/aromatic N) is 9. The van der Waals surface area contributed by atoms with Crippen molar-refractivity contribution in [1.82, 2.24) is 40.9 Å². The van der Waals surface area contributed by atoms with Crippen molar-refractivity contribution >= 4 is 68.9 Å². The lowest BCUT2D eigenvalue weighted by atomic mass is 10.1. The van der Waals surface area contributed by atoms with Gasteiger partial charge in [-0.1, -0.05) is 51.8 Å². The SMILES string of the molecule is COc1ccc(/C=N\NC(=O)c2nnn(-c3nonc3N)c2CSC2=NCCS2)cc1CSc1nnc(C)s1. The number of aliphatic imine (C=N–C) groups is 1. The molecule has 18 heteroatoms. The third-order valence-electron chi connectivity index (χ3n) is 5.11. The van der Waals surface area contributed by atoms with E-state index in [0.29, 0.717) is 17.2 Å². The van der Waals surface area contributed by atoms with Crippen LogP contribution in [-0.2, 0) is 11.5 Å². The summed E-state index contributed by atoms with van der Waals surface area (Å²) in [5.41, 5.74) is 10.6. The number of aromatic nitrogens is 7. The van der Waals surface area contributed by atoms with Crippen LogP contribution < -0.4 is 15.9 Å². The summed E-state index contributed by atoms with van der Waals surface area (Å²) < 4.78 is 13.3. The molecule has 0 fully saturated rings. The van der Waals surface area contributed by atoms with Gasteiger partial charge in [0, 0.05) is 22.8 Å². The maximum Gasteiger partial charge on any atom is 0.293 e. The van der Waals surface area contributed by atoms with Crippen molar-refractivity contribution in [2.75, 3.05) is 25.1 Å². The zero-order chi connectivity index (χ0) is 27.2. The summed E-state index contributed by atoms with van der Waals surface area (Å²) in [6.45, 7) is 2.68. The number of nitrogens with one attached hydrogen (secondary N) is 1. The Balaban J connectivity index is 1.30. The standard InChI is InChI=1S/C21H21N11O3S4/c1-11-25-28-21(39-11)37-9-13-7-12(3-4-15(13)34-2)8-24-27-19(33)16-14(10-38-20-23-5-6-36-20)32(31-26-16)18-17(22)29-35-30-18/h3-4,7-8H,5-6,9-10H2,1-2H3,(H2,22,29)(H,27,33)/b24-8-. The summed E-state index contributed by atoms with van der Waals surface area (Å²) in [5, 5.41) is 28.7. The molecule has 5 rings (SSSR count). The van der Waals surface area contributed by atoms with Gasteiger partial charge in [0.25, 0.3) is 5.91 Å². The molecular weight excluding hydrogens is 583 g/mol. The number of carbonyl (C=O) groups excluding carboxylic acids is 1. The lowest BCUT2D eigenvalue weighted by Crippen LogP contribution is -2.20. The second-order valence-electron chi connectivity index (χ2n) is 7.70. The molecule has 0 atom stereocenters. The number of hydrazone groups is 1. The van der Waals surface area contributed by atoms with Crippen LogP contribution in [0.5, 0.6) is 5.75 Å². The summed E-state index contributed by atoms with van der Waals surface area (Å²) in [5.74, 6) is 2.29. The van der Waals surface area contributed by atoms with Crippen LogP contribution >= 0.6 is 46.6 Å². The van der Waals surface area contributed by atoms with Crippen molar-refractivity contribution < 1.29 is 14.2 Å². The van der Waals surface area contributed by atoms with Crippen LogP contribution in [0.4, 0.5) is 5.82 Å². The molecule has 0 unspecified atom stereocenters. The van der Waals surface area contributed by atoms with Gasteiger partial charge in [-0.15, -0.1) is 15.3 Å². The number of anilines is 1. The van der Waals surface area contributed by atoms with Gasteiger partial charge in [-0.25, -0.2) is 10.1 Å². The molecule has 0 radical (unpaired) electrons. The molecule has 0 saturated carbocycles. The largest absolute Gasteiger partial charge is 0.496 e. The van der Waals surface area contributed by atoms with Crippen LogP contribution in [0.25, 0.3) is 5.82 Å². The number of aryl methyl sites for hydroxylation is 1. The third kappa shape index (κ3) is 6.57. The van der Waals surface area contributed by atoms with Gasteiger partial charge >= 0.3 is 0 Å². The number of nitrogens with two attached hydrogens (primary N) is 1. The van der Waals surface area contributed by atoms with Gasteiger partial charge in [0.05, 0.1) is 25.6 Å². The highest BCUT2D eigenvalue weighted by atomic mass is 32.2. The van der Waals surface area contributed by atoms with E-state index in [2.05, 4.69) is 46.3 Å². The van der Waals surface area contributed by atoms with Gasteiger partial charge in [-0.2, -0.15) is 9.78 Å². The molecule has 0 aliphatic carbocycles. The Morgan fingerprint density at radius 3 is 2.90 bits per heavy atom. The smallest absolute Gasteiger partial charge is 0.293 e. The first kappa shape index (κ1) is 27.1. The molecule has 1 amide bonds. The van der Waals surface area contributed by atoms with Crippen molar-refractivity contribution in [2.45, 2.75) is 22.8 Å². The first-order valence-electron chi connectivity index (χ1n) is 11.3. The molecule has 1 aromatic carbocycles. The van der Waals surface area contributed by atoms with E-state index in [4.69, 9.17) is 15.1 Å². The first-order valence-corrected chi connectivity index (χ1v) is 15.1. The second-order valence-corrected chi connectivity index (χ2v) is 12.4. The van der Waals surface area contributed by atoms with E-state index in [1.807, 2.05) is 25.1 Å². The van der Waals surface area contributed by atoms with E-state index >= 15 is 0 Å². The Morgan fingerprint density at radius 1 is 1.28 bits per heavy atom. The maximum atomic E-state index is 13.0. The Hall–Kier alpha value is -3.48. The Bertz CT molecular complexity index is 1530. The minimum atomic E-state index is -0.542. The van der Waals surface area contributed by atoms with Gasteiger partial charge in [-0.3, -0.25) is 9.79 Å². The van der Waals surface area contributed by atoms with Crippen molar-refractivity contribution in [2.24, 2.45) is 10.1 Å². The molecule has 4 heterocycles. The van der Waals surface area contributed by atoms with Gasteiger partial charge in [0.1, 0.15) is 15.1 Å². The monoisotopic (exact) mass is 603 g/mol. The third-order valence-corrected chi connectivity index (χ3v) is 9.39. The lowest BCUT2D eigenvalue weighted by molar-refractivity contribution is 0.0949. The van der Waals surface area contributed by atoms with Crippen LogP contribution in [-0.4, -0.2) is 71.4 Å². The summed E-state index contributed by atoms with van der Waals surface area (Å²) in [4.78, 5) is 17.5. The van der Waals surface area contributed by atoms with Crippen LogP contribution in [0.2, 0.25) is 0 Å². The molecule has 1 aliphatic heterocycles. The van der Waals surface area contributed by atoms with Crippen molar-refractivity contribution in [3.63, 3.8) is 0 Å². The predicted octanol–water partition coefficient (Wildman–Crippen LogP) is 2.79. The van der Waals surface area contributed by atoms with E-state index in [1.165, 1.54) is 27.8 Å². The van der Waals surface area contributed by atoms with E-state index in [0.717, 1.165) is 42.9 Å². The van der Waals surface area contributed by atoms with E-state index < -0.39 is 5.91 Å². The lowest BCUT2D eigenvalue weighted by Gasteiger charge is -2.08. The maximum absolute atomic E-state index is 13.0. The highest BCUT2D eigenvalue weighted by Gasteiger charge is 2.25. The summed E-state index contributed by atoms with van der Waals surface area (Å²) >= 11 is 6.24. The first-order chi connectivity index (χ1) is 19.0. The van der Waals surface area contributed by atoms with Crippen molar-refractivity contribution in [1.29, 1.82) is 0 Å². The Kier molecular flexibility index (Phi) is 8.74. The summed E-state index contributed by atoms with van der Waals surface area (Å²) in [7, 11) is 1.62. The molecule has 39 heavy (non-hydrogen) atoms. The summed E-state index contributed by atoms with van der Waals surface area (Å²) in [6.07, 6.45) is 1.54. The normalized spacial score (nSPS) is 13.2. The predicted molar refractivity (Wildman–Crippen MR) is 152 cm³/mol. The molecular formula is C21H21N11O3S4. The topological polar surface area (TPSA) is 184 Å². The molecule has 0 spiro atoms. The van der Waals surface area contributed by atoms with E-state index in [1.54, 1.807) is 36.8 Å². The van der Waals surface area contributed by atoms with E-state index in [9.17, 15) is 4.79 Å². The minimum Gasteiger partial charge on any atom is -0.496 e. The number of methoxy groups -OCH3 is 1. The average molecular weight is 604 g/mol. The quantitative estimate of drug-likeness (QED) is 0.153. The highest BCUT2D eigenvalue weighted by molar-refractivity contribution is 8.38. The molecule has 202 valence electrons. The highest BCUT2D eigenvalue weighted by Crippen LogP contribution is 2.30. The number of thioether (sulfide) groups is 3. The average Bonchev–Trinajstić information content (AvgIpc) is 3.74. The molecule has 0 bridgehead atoms. The van der Waals surface area contributed by atoms with E-state index in [-0.39, 0.29) is 17.3 Å². The number of carbonyl (C=O) groups is 1. The fourth-order valence-electron chi connectivity index (χ4n) is 3.33. The number of nitrogen functional groups attached to an aromatic ring is 1. The Labute approximate surface area is 238 Å². The second kappa shape index (κ2) is 12.6. The van der Waals surface area contributed by atoms with Gasteiger partial charge in [0.15, 0.2) is 10.0 Å². The molecule has 1 aliphatic rings. The van der Waals surface area contributed by atoms with Crippen LogP contribution in [0.3, 0.4) is 0 Å². The number of ether oxygens (including phenoxy) is 1. The number of hydrogen-bond donors (Lipinski definition) is 2. The number of rotatable bonds is 10. The molecule has 3 N–H and O–H groups in total. The molecule has 4 aromatic rings. The van der Waals surface area contributed by atoms with Crippen LogP contribution in [0, 0.1) is 6.92 Å². The van der Waals surface area contributed by atoms with Crippen molar-refractivity contribution in [3.05, 3.63) is 45.7 Å². The zero-order valence-corrected chi connectivity index (χ0v) is 23.9. The zero-order valence-electron chi connectivity index (χ0n) is 20.6. The molecule has 14 nitrogen and oxygen atoms in total. The van der Waals surface area contributed by atoms with Gasteiger partial charge in [0.2, 0.25) is 11.6 Å². The summed E-state index contributed by atoms with van der Waals surface area (Å²) in [6, 6.07) is 5.63. The fourth-order valence-corrected chi connectivity index (χ4v) is 7.13. The van der Waals surface area contributed by atoms with Crippen LogP contribution in [0.1, 0.15) is 32.3 Å². The fraction of sp³-hybridized carbons (Fsp3) is 0.286. The number of amides is 1. The van der Waals surface area contributed by atoms with Crippen LogP contribution in [0.15, 0.2) is 37.3 Å². The molecule has 0 saturated heterocycles.